The van der Waals surface area contributed by atoms with Crippen LogP contribution in [0.1, 0.15) is 23.2 Å². The molecule has 0 aliphatic heterocycles. The average Bonchev–Trinajstić information content (AvgIpc) is 2.35. The molecule has 1 rings (SSSR count). The fourth-order valence-electron chi connectivity index (χ4n) is 1.43. The molecular weight excluding hydrogens is 237 g/mol. The second kappa shape index (κ2) is 6.14. The third kappa shape index (κ3) is 3.55. The van der Waals surface area contributed by atoms with Crippen molar-refractivity contribution in [1.82, 2.24) is 4.90 Å². The predicted molar refractivity (Wildman–Crippen MR) is 65.2 cm³/mol. The quantitative estimate of drug-likeness (QED) is 0.753. The van der Waals surface area contributed by atoms with E-state index >= 15 is 0 Å². The van der Waals surface area contributed by atoms with Crippen LogP contribution in [-0.2, 0) is 4.79 Å². The van der Waals surface area contributed by atoms with Crippen molar-refractivity contribution in [3.05, 3.63) is 29.6 Å². The molecule has 0 atom stereocenters. The number of hydrogen-bond acceptors (Lipinski definition) is 3. The van der Waals surface area contributed by atoms with Crippen LogP contribution in [0.2, 0.25) is 0 Å². The summed E-state index contributed by atoms with van der Waals surface area (Å²) in [5, 5.41) is 0. The van der Waals surface area contributed by atoms with Crippen LogP contribution in [0.25, 0.3) is 0 Å². The molecule has 1 aromatic rings. The molecule has 1 aromatic carbocycles. The minimum atomic E-state index is -0.581. The van der Waals surface area contributed by atoms with E-state index in [1.165, 1.54) is 24.1 Å². The lowest BCUT2D eigenvalue weighted by molar-refractivity contribution is -0.128. The second-order valence-corrected chi connectivity index (χ2v) is 4.06. The molecule has 0 spiro atoms. The van der Waals surface area contributed by atoms with Gasteiger partial charge in [-0.15, -0.1) is 0 Å². The van der Waals surface area contributed by atoms with Gasteiger partial charge in [-0.2, -0.15) is 0 Å². The van der Waals surface area contributed by atoms with Gasteiger partial charge < -0.3 is 9.64 Å². The maximum Gasteiger partial charge on any atom is 0.222 e. The molecule has 0 saturated carbocycles. The molecule has 0 aromatic heterocycles. The summed E-state index contributed by atoms with van der Waals surface area (Å²) >= 11 is 0. The van der Waals surface area contributed by atoms with Crippen LogP contribution in [0.3, 0.4) is 0 Å². The van der Waals surface area contributed by atoms with Crippen LogP contribution >= 0.6 is 0 Å². The first kappa shape index (κ1) is 14.2. The number of Topliss-reactive ketones (excluding diaryl/α,β-unsaturated/α-hetero) is 1. The lowest BCUT2D eigenvalue weighted by Gasteiger charge is -2.09. The van der Waals surface area contributed by atoms with Gasteiger partial charge in [-0.1, -0.05) is 0 Å². The molecule has 0 saturated heterocycles. The molecule has 0 radical (unpaired) electrons. The van der Waals surface area contributed by atoms with Gasteiger partial charge in [0.05, 0.1) is 7.11 Å². The Kier molecular flexibility index (Phi) is 4.83. The molecule has 0 heterocycles. The highest BCUT2D eigenvalue weighted by Crippen LogP contribution is 2.18. The highest BCUT2D eigenvalue weighted by molar-refractivity contribution is 5.98. The predicted octanol–water partition coefficient (Wildman–Crippen LogP) is 1.89. The van der Waals surface area contributed by atoms with Gasteiger partial charge in [0.15, 0.2) is 17.3 Å². The Morgan fingerprint density at radius 1 is 1.28 bits per heavy atom. The Morgan fingerprint density at radius 3 is 2.44 bits per heavy atom. The number of carbonyl (C=O) groups excluding carboxylic acids is 2. The molecule has 5 heteroatoms. The van der Waals surface area contributed by atoms with E-state index in [1.54, 1.807) is 14.1 Å². The standard InChI is InChI=1S/C13H16FNO3/c1-15(2)13(17)7-5-11(16)9-4-6-12(18-3)10(14)8-9/h4,6,8H,5,7H2,1-3H3. The van der Waals surface area contributed by atoms with Crippen LogP contribution in [0, 0.1) is 5.82 Å². The van der Waals surface area contributed by atoms with Crippen LogP contribution in [0.5, 0.6) is 5.75 Å². The molecule has 0 aliphatic carbocycles. The zero-order valence-corrected chi connectivity index (χ0v) is 10.7. The van der Waals surface area contributed by atoms with E-state index < -0.39 is 5.82 Å². The van der Waals surface area contributed by atoms with Crippen molar-refractivity contribution in [3.63, 3.8) is 0 Å². The summed E-state index contributed by atoms with van der Waals surface area (Å²) in [5.41, 5.74) is 0.250. The first-order valence-electron chi connectivity index (χ1n) is 5.52. The normalized spacial score (nSPS) is 10.0. The van der Waals surface area contributed by atoms with Gasteiger partial charge in [-0.25, -0.2) is 4.39 Å². The largest absolute Gasteiger partial charge is 0.494 e. The summed E-state index contributed by atoms with van der Waals surface area (Å²) < 4.78 is 18.1. The monoisotopic (exact) mass is 253 g/mol. The molecule has 0 fully saturated rings. The number of halogens is 1. The highest BCUT2D eigenvalue weighted by Gasteiger charge is 2.12. The Labute approximate surface area is 105 Å². The minimum absolute atomic E-state index is 0.0722. The van der Waals surface area contributed by atoms with Gasteiger partial charge in [-0.05, 0) is 18.2 Å². The van der Waals surface area contributed by atoms with Gasteiger partial charge in [-0.3, -0.25) is 9.59 Å². The average molecular weight is 253 g/mol. The van der Waals surface area contributed by atoms with E-state index in [-0.39, 0.29) is 35.8 Å². The number of ketones is 1. The van der Waals surface area contributed by atoms with E-state index in [2.05, 4.69) is 0 Å². The maximum atomic E-state index is 13.4. The maximum absolute atomic E-state index is 13.4. The van der Waals surface area contributed by atoms with E-state index in [0.717, 1.165) is 6.07 Å². The molecule has 0 N–H and O–H groups in total. The van der Waals surface area contributed by atoms with Crippen molar-refractivity contribution in [2.24, 2.45) is 0 Å². The summed E-state index contributed by atoms with van der Waals surface area (Å²) in [6.45, 7) is 0. The first-order valence-corrected chi connectivity index (χ1v) is 5.52. The van der Waals surface area contributed by atoms with Gasteiger partial charge >= 0.3 is 0 Å². The van der Waals surface area contributed by atoms with Crippen molar-refractivity contribution < 1.29 is 18.7 Å². The second-order valence-electron chi connectivity index (χ2n) is 4.06. The van der Waals surface area contributed by atoms with Crippen molar-refractivity contribution in [2.45, 2.75) is 12.8 Å². The Hall–Kier alpha value is -1.91. The van der Waals surface area contributed by atoms with E-state index in [0.29, 0.717) is 0 Å². The zero-order valence-electron chi connectivity index (χ0n) is 10.7. The van der Waals surface area contributed by atoms with Crippen LogP contribution in [-0.4, -0.2) is 37.8 Å². The first-order chi connectivity index (χ1) is 8.45. The lowest BCUT2D eigenvalue weighted by Crippen LogP contribution is -2.22. The fourth-order valence-corrected chi connectivity index (χ4v) is 1.43. The number of methoxy groups -OCH3 is 1. The molecule has 0 unspecified atom stereocenters. The highest BCUT2D eigenvalue weighted by atomic mass is 19.1. The molecular formula is C13H16FNO3. The van der Waals surface area contributed by atoms with Gasteiger partial charge in [0.2, 0.25) is 5.91 Å². The van der Waals surface area contributed by atoms with Crippen molar-refractivity contribution in [2.75, 3.05) is 21.2 Å². The number of amides is 1. The summed E-state index contributed by atoms with van der Waals surface area (Å²) in [6, 6.07) is 4.02. The number of carbonyl (C=O) groups is 2. The van der Waals surface area contributed by atoms with E-state index in [4.69, 9.17) is 4.74 Å². The molecule has 98 valence electrons. The molecule has 18 heavy (non-hydrogen) atoms. The Balaban J connectivity index is 2.68. The summed E-state index contributed by atoms with van der Waals surface area (Å²) in [7, 11) is 4.61. The third-order valence-corrected chi connectivity index (χ3v) is 2.54. The molecule has 4 nitrogen and oxygen atoms in total. The van der Waals surface area contributed by atoms with Crippen LogP contribution < -0.4 is 4.74 Å². The third-order valence-electron chi connectivity index (χ3n) is 2.54. The van der Waals surface area contributed by atoms with Gasteiger partial charge in [0.25, 0.3) is 0 Å². The number of ether oxygens (including phenoxy) is 1. The fraction of sp³-hybridized carbons (Fsp3) is 0.385. The Morgan fingerprint density at radius 2 is 1.94 bits per heavy atom. The number of nitrogens with zero attached hydrogens (tertiary/aromatic N) is 1. The minimum Gasteiger partial charge on any atom is -0.494 e. The summed E-state index contributed by atoms with van der Waals surface area (Å²) in [4.78, 5) is 24.5. The molecule has 1 amide bonds. The van der Waals surface area contributed by atoms with Crippen molar-refractivity contribution in [1.29, 1.82) is 0 Å². The lowest BCUT2D eigenvalue weighted by atomic mass is 10.1. The van der Waals surface area contributed by atoms with Gasteiger partial charge in [0.1, 0.15) is 0 Å². The van der Waals surface area contributed by atoms with Crippen LogP contribution in [0.4, 0.5) is 4.39 Å². The van der Waals surface area contributed by atoms with Crippen molar-refractivity contribution >= 4 is 11.7 Å². The molecule has 0 bridgehead atoms. The summed E-state index contributed by atoms with van der Waals surface area (Å²) in [6.07, 6.45) is 0.197. The SMILES string of the molecule is COc1ccc(C(=O)CCC(=O)N(C)C)cc1F. The van der Waals surface area contributed by atoms with Crippen LogP contribution in [0.15, 0.2) is 18.2 Å². The number of benzene rings is 1. The smallest absolute Gasteiger partial charge is 0.222 e. The number of hydrogen-bond donors (Lipinski definition) is 0. The topological polar surface area (TPSA) is 46.6 Å². The van der Waals surface area contributed by atoms with Gasteiger partial charge in [0, 0.05) is 32.5 Å². The zero-order chi connectivity index (χ0) is 13.7. The van der Waals surface area contributed by atoms with E-state index in [9.17, 15) is 14.0 Å². The summed E-state index contributed by atoms with van der Waals surface area (Å²) in [5.74, 6) is -0.873. The van der Waals surface area contributed by atoms with E-state index in [1.807, 2.05) is 0 Å². The Bertz CT molecular complexity index is 458. The molecule has 0 aliphatic rings. The van der Waals surface area contributed by atoms with Crippen molar-refractivity contribution in [3.8, 4) is 5.75 Å². The number of rotatable bonds is 5.